The van der Waals surface area contributed by atoms with Crippen LogP contribution in [-0.2, 0) is 31.6 Å². The summed E-state index contributed by atoms with van der Waals surface area (Å²) >= 11 is 1.40. The van der Waals surface area contributed by atoms with Crippen LogP contribution in [0.15, 0.2) is 24.2 Å². The molecule has 0 radical (unpaired) electrons. The van der Waals surface area contributed by atoms with Crippen molar-refractivity contribution < 1.29 is 61.4 Å². The third kappa shape index (κ3) is 5.99. The number of fused-ring (bicyclic) bond motifs is 1. The van der Waals surface area contributed by atoms with Gasteiger partial charge in [0.25, 0.3) is 0 Å². The summed E-state index contributed by atoms with van der Waals surface area (Å²) in [7, 11) is -16.6. The van der Waals surface area contributed by atoms with Crippen molar-refractivity contribution in [2.24, 2.45) is 0 Å². The van der Waals surface area contributed by atoms with Gasteiger partial charge in [-0.15, -0.1) is 11.3 Å². The van der Waals surface area contributed by atoms with Gasteiger partial charge in [0, 0.05) is 6.20 Å². The van der Waals surface area contributed by atoms with Crippen LogP contribution < -0.4 is 0 Å². The number of phosphoric ester groups is 1. The van der Waals surface area contributed by atoms with Gasteiger partial charge in [-0.05, 0) is 23.1 Å². The van der Waals surface area contributed by atoms with Gasteiger partial charge in [0.05, 0.1) is 17.2 Å². The Morgan fingerprint density at radius 1 is 1.10 bits per heavy atom. The average Bonchev–Trinajstić information content (AvgIpc) is 3.17. The molecule has 3 heterocycles. The van der Waals surface area contributed by atoms with Crippen LogP contribution >= 0.6 is 34.8 Å². The smallest absolute Gasteiger partial charge is 0.387 e. The van der Waals surface area contributed by atoms with E-state index in [0.717, 1.165) is 10.4 Å². The summed E-state index contributed by atoms with van der Waals surface area (Å²) in [6.07, 6.45) is -2.29. The zero-order valence-corrected chi connectivity index (χ0v) is 18.8. The van der Waals surface area contributed by atoms with Gasteiger partial charge in [0.15, 0.2) is 6.23 Å². The lowest BCUT2D eigenvalue weighted by Gasteiger charge is -2.32. The van der Waals surface area contributed by atoms with Crippen LogP contribution in [0, 0.1) is 0 Å². The zero-order chi connectivity index (χ0) is 23.2. The van der Waals surface area contributed by atoms with Crippen molar-refractivity contribution in [1.82, 2.24) is 4.90 Å². The molecule has 0 aliphatic carbocycles. The fourth-order valence-corrected chi connectivity index (χ4v) is 6.75. The van der Waals surface area contributed by atoms with E-state index < -0.39 is 54.6 Å². The molecule has 3 unspecified atom stereocenters. The fourth-order valence-electron chi connectivity index (χ4n) is 2.86. The van der Waals surface area contributed by atoms with Crippen molar-refractivity contribution in [2.75, 3.05) is 6.61 Å². The van der Waals surface area contributed by atoms with Crippen molar-refractivity contribution in [1.29, 1.82) is 0 Å². The highest BCUT2D eigenvalue weighted by molar-refractivity contribution is 7.66. The van der Waals surface area contributed by atoms with Gasteiger partial charge >= 0.3 is 23.5 Å². The lowest BCUT2D eigenvalue weighted by atomic mass is 10.1. The second-order valence-corrected chi connectivity index (χ2v) is 11.6. The maximum atomic E-state index is 11.8. The summed E-state index contributed by atoms with van der Waals surface area (Å²) in [5.41, 5.74) is 1.39. The molecule has 6 atom stereocenters. The number of phosphoric acid groups is 3. The highest BCUT2D eigenvalue weighted by Crippen LogP contribution is 2.66. The maximum Gasteiger partial charge on any atom is 0.490 e. The number of rotatable bonds is 8. The Morgan fingerprint density at radius 3 is 2.42 bits per heavy atom. The molecule has 18 heteroatoms. The van der Waals surface area contributed by atoms with E-state index in [1.54, 1.807) is 12.3 Å². The van der Waals surface area contributed by atoms with Gasteiger partial charge in [0.1, 0.15) is 18.3 Å². The third-order valence-electron chi connectivity index (χ3n) is 4.11. The van der Waals surface area contributed by atoms with E-state index in [0.29, 0.717) is 5.70 Å². The summed E-state index contributed by atoms with van der Waals surface area (Å²) in [5.74, 6) is 0. The van der Waals surface area contributed by atoms with Gasteiger partial charge in [-0.25, -0.2) is 13.7 Å². The van der Waals surface area contributed by atoms with Gasteiger partial charge in [0.2, 0.25) is 0 Å². The Bertz CT molecular complexity index is 1020. The molecule has 1 aromatic heterocycles. The number of ether oxygens (including phenoxy) is 1. The second-order valence-electron chi connectivity index (χ2n) is 6.31. The van der Waals surface area contributed by atoms with Crippen LogP contribution in [0.5, 0.6) is 0 Å². The Hall–Kier alpha value is -0.730. The average molecular weight is 521 g/mol. The van der Waals surface area contributed by atoms with E-state index in [9.17, 15) is 28.8 Å². The van der Waals surface area contributed by atoms with Gasteiger partial charge in [-0.1, -0.05) is 6.58 Å². The van der Waals surface area contributed by atoms with E-state index in [1.807, 2.05) is 11.4 Å². The highest BCUT2D eigenvalue weighted by atomic mass is 32.1. The molecule has 0 saturated carbocycles. The van der Waals surface area contributed by atoms with Crippen LogP contribution in [0.3, 0.4) is 0 Å². The van der Waals surface area contributed by atoms with Crippen molar-refractivity contribution >= 4 is 46.6 Å². The molecule has 1 aromatic rings. The number of aliphatic hydroxyl groups is 2. The minimum atomic E-state index is -5.67. The monoisotopic (exact) mass is 521 g/mol. The molecule has 1 fully saturated rings. The molecule has 0 amide bonds. The Morgan fingerprint density at radius 2 is 1.77 bits per heavy atom. The van der Waals surface area contributed by atoms with Crippen LogP contribution in [0.1, 0.15) is 10.4 Å². The number of thiophene rings is 1. The topological polar surface area (TPSA) is 213 Å². The molecule has 2 aliphatic rings. The molecule has 0 aromatic carbocycles. The summed E-state index contributed by atoms with van der Waals surface area (Å²) in [6.45, 7) is 3.04. The van der Waals surface area contributed by atoms with E-state index in [4.69, 9.17) is 19.4 Å². The lowest BCUT2D eigenvalue weighted by Crippen LogP contribution is -2.41. The zero-order valence-electron chi connectivity index (χ0n) is 15.3. The highest BCUT2D eigenvalue weighted by Gasteiger charge is 2.48. The standard InChI is InChI=1S/C13H18NO13P3S/c1-7-12-8(3-5-31-12)2-4-14(7)13-11(16)10(15)9(25-13)6-24-29(20,21)27-30(22,23)26-28(17,18)19/h2-5,9-11,13,15-16H,1,6H2,(H,20,21)(H,22,23)(H2,17,18,19)/t9-,10+,11?,13-/m1/s1. The second kappa shape index (κ2) is 8.90. The Kier molecular flexibility index (Phi) is 7.15. The van der Waals surface area contributed by atoms with Gasteiger partial charge in [-0.2, -0.15) is 8.62 Å². The first-order valence-electron chi connectivity index (χ1n) is 8.22. The van der Waals surface area contributed by atoms with Crippen molar-refractivity contribution in [2.45, 2.75) is 24.5 Å². The Labute approximate surface area is 179 Å². The maximum absolute atomic E-state index is 11.8. The van der Waals surface area contributed by atoms with Crippen molar-refractivity contribution in [3.05, 3.63) is 34.7 Å². The number of aliphatic hydroxyl groups excluding tert-OH is 2. The summed E-state index contributed by atoms with van der Waals surface area (Å²) < 4.78 is 50.9. The summed E-state index contributed by atoms with van der Waals surface area (Å²) in [6, 6.07) is 1.87. The SMILES string of the molecule is C=C1c2sccc2C=CN1[C@@H]1O[C@H](COP(=O)(O)OP(=O)(O)OP(=O)(O)O)[C@H](O)C1O. The molecule has 31 heavy (non-hydrogen) atoms. The third-order valence-corrected chi connectivity index (χ3v) is 8.90. The molecule has 3 rings (SSSR count). The first kappa shape index (κ1) is 24.9. The van der Waals surface area contributed by atoms with Gasteiger partial charge in [-0.3, -0.25) is 4.52 Å². The molecule has 6 N–H and O–H groups in total. The number of hydrogen-bond acceptors (Lipinski definition) is 11. The number of hydrogen-bond donors (Lipinski definition) is 6. The van der Waals surface area contributed by atoms with E-state index in [2.05, 4.69) is 19.7 Å². The van der Waals surface area contributed by atoms with E-state index in [-0.39, 0.29) is 0 Å². The van der Waals surface area contributed by atoms with Crippen LogP contribution in [-0.4, -0.2) is 65.8 Å². The van der Waals surface area contributed by atoms with Crippen LogP contribution in [0.2, 0.25) is 0 Å². The van der Waals surface area contributed by atoms with E-state index in [1.165, 1.54) is 16.2 Å². The molecule has 1 saturated heterocycles. The van der Waals surface area contributed by atoms with E-state index >= 15 is 0 Å². The molecule has 0 bridgehead atoms. The molecule has 174 valence electrons. The molecular formula is C13H18NO13P3S. The first-order valence-corrected chi connectivity index (χ1v) is 13.6. The molecule has 0 spiro atoms. The van der Waals surface area contributed by atoms with Crippen molar-refractivity contribution in [3.63, 3.8) is 0 Å². The minimum absolute atomic E-state index is 0.484. The lowest BCUT2D eigenvalue weighted by molar-refractivity contribution is -0.0605. The van der Waals surface area contributed by atoms with Gasteiger partial charge < -0.3 is 39.4 Å². The first-order chi connectivity index (χ1) is 14.2. The van der Waals surface area contributed by atoms with Crippen molar-refractivity contribution in [3.8, 4) is 0 Å². The predicted molar refractivity (Wildman–Crippen MR) is 105 cm³/mol. The predicted octanol–water partition coefficient (Wildman–Crippen LogP) is 0.795. The normalized spacial score (nSPS) is 30.1. The quantitative estimate of drug-likeness (QED) is 0.261. The largest absolute Gasteiger partial charge is 0.490 e. The van der Waals surface area contributed by atoms with Crippen LogP contribution in [0.25, 0.3) is 11.8 Å². The molecule has 14 nitrogen and oxygen atoms in total. The summed E-state index contributed by atoms with van der Waals surface area (Å²) in [4.78, 5) is 37.9. The molecule has 2 aliphatic heterocycles. The fraction of sp³-hybridized carbons (Fsp3) is 0.385. The number of nitrogens with zero attached hydrogens (tertiary/aromatic N) is 1. The molecular weight excluding hydrogens is 503 g/mol. The summed E-state index contributed by atoms with van der Waals surface area (Å²) in [5, 5.41) is 22.4. The van der Waals surface area contributed by atoms with Crippen LogP contribution in [0.4, 0.5) is 0 Å². The Balaban J connectivity index is 1.63. The minimum Gasteiger partial charge on any atom is -0.387 e.